The number of hydrogen-bond acceptors (Lipinski definition) is 3. The highest BCUT2D eigenvalue weighted by Crippen LogP contribution is 2.41. The van der Waals surface area contributed by atoms with E-state index in [4.69, 9.17) is 4.74 Å². The largest absolute Gasteiger partial charge is 0.375 e. The molecule has 4 rings (SSSR count). The quantitative estimate of drug-likeness (QED) is 0.870. The number of nitrogens with one attached hydrogen (secondary N) is 1. The van der Waals surface area contributed by atoms with Crippen LogP contribution in [0, 0.1) is 0 Å². The van der Waals surface area contributed by atoms with Gasteiger partial charge in [0.15, 0.2) is 0 Å². The minimum atomic E-state index is 0.0912. The highest BCUT2D eigenvalue weighted by atomic mass is 16.5. The number of likely N-dealkylation sites (tertiary alicyclic amines) is 1. The fourth-order valence-electron chi connectivity index (χ4n) is 5.01. The van der Waals surface area contributed by atoms with E-state index in [0.29, 0.717) is 12.5 Å². The molecule has 1 spiro atoms. The fourth-order valence-corrected chi connectivity index (χ4v) is 5.01. The van der Waals surface area contributed by atoms with Gasteiger partial charge in [-0.2, -0.15) is 0 Å². The van der Waals surface area contributed by atoms with Crippen molar-refractivity contribution in [2.75, 3.05) is 19.7 Å². The number of ether oxygens (including phenoxy) is 1. The van der Waals surface area contributed by atoms with Crippen molar-refractivity contribution < 1.29 is 9.53 Å². The summed E-state index contributed by atoms with van der Waals surface area (Å²) >= 11 is 0. The number of carbonyl (C=O) groups is 1. The van der Waals surface area contributed by atoms with Crippen LogP contribution in [0.15, 0.2) is 30.3 Å². The van der Waals surface area contributed by atoms with Crippen LogP contribution in [0.1, 0.15) is 64.4 Å². The lowest BCUT2D eigenvalue weighted by atomic mass is 9.76. The van der Waals surface area contributed by atoms with Gasteiger partial charge in [0.2, 0.25) is 5.91 Å². The Bertz CT molecular complexity index is 577. The summed E-state index contributed by atoms with van der Waals surface area (Å²) in [6.07, 6.45) is 8.66. The molecule has 2 aliphatic heterocycles. The van der Waals surface area contributed by atoms with E-state index in [1.165, 1.54) is 38.8 Å². The van der Waals surface area contributed by atoms with E-state index < -0.39 is 0 Å². The minimum Gasteiger partial charge on any atom is -0.375 e. The molecular formula is C23H36N2O2. The van der Waals surface area contributed by atoms with Crippen molar-refractivity contribution in [2.45, 2.75) is 82.9 Å². The van der Waals surface area contributed by atoms with Crippen LogP contribution in [0.4, 0.5) is 0 Å². The third kappa shape index (κ3) is 5.11. The second-order valence-corrected chi connectivity index (χ2v) is 8.02. The van der Waals surface area contributed by atoms with Gasteiger partial charge < -0.3 is 10.1 Å². The summed E-state index contributed by atoms with van der Waals surface area (Å²) in [5.41, 5.74) is 1.18. The first-order chi connectivity index (χ1) is 13.2. The Morgan fingerprint density at radius 3 is 2.56 bits per heavy atom. The van der Waals surface area contributed by atoms with E-state index in [9.17, 15) is 4.79 Å². The van der Waals surface area contributed by atoms with Gasteiger partial charge in [0.1, 0.15) is 0 Å². The lowest BCUT2D eigenvalue weighted by molar-refractivity contribution is -0.123. The smallest absolute Gasteiger partial charge is 0.224 e. The Kier molecular flexibility index (Phi) is 7.31. The van der Waals surface area contributed by atoms with Crippen LogP contribution in [-0.4, -0.2) is 48.2 Å². The molecule has 1 saturated carbocycles. The number of hydrogen-bond donors (Lipinski definition) is 1. The average molecular weight is 373 g/mol. The van der Waals surface area contributed by atoms with E-state index in [-0.39, 0.29) is 17.6 Å². The van der Waals surface area contributed by atoms with Gasteiger partial charge in [-0.25, -0.2) is 0 Å². The molecule has 150 valence electrons. The average Bonchev–Trinajstić information content (AvgIpc) is 3.38. The van der Waals surface area contributed by atoms with Crippen molar-refractivity contribution in [3.63, 3.8) is 0 Å². The van der Waals surface area contributed by atoms with Crippen LogP contribution in [0.2, 0.25) is 0 Å². The SMILES string of the molecule is CC.O=C(Cc1ccccc1)N[C@H]1CC[C@@]2(CCCO2)C[C@@H]1N1CCCC1. The highest BCUT2D eigenvalue weighted by molar-refractivity contribution is 5.78. The predicted octanol–water partition coefficient (Wildman–Crippen LogP) is 3.94. The third-order valence-corrected chi connectivity index (χ3v) is 6.31. The molecule has 0 bridgehead atoms. The number of nitrogens with zero attached hydrogens (tertiary/aromatic N) is 1. The zero-order valence-corrected chi connectivity index (χ0v) is 17.1. The van der Waals surface area contributed by atoms with Crippen LogP contribution in [-0.2, 0) is 16.0 Å². The van der Waals surface area contributed by atoms with Crippen molar-refractivity contribution in [1.82, 2.24) is 10.2 Å². The van der Waals surface area contributed by atoms with Crippen LogP contribution >= 0.6 is 0 Å². The summed E-state index contributed by atoms with van der Waals surface area (Å²) in [5.74, 6) is 0.156. The van der Waals surface area contributed by atoms with Crippen LogP contribution in [0.3, 0.4) is 0 Å². The zero-order chi connectivity index (χ0) is 19.1. The summed E-state index contributed by atoms with van der Waals surface area (Å²) in [4.78, 5) is 15.2. The Labute approximate surface area is 164 Å². The van der Waals surface area contributed by atoms with E-state index in [1.807, 2.05) is 44.2 Å². The highest BCUT2D eigenvalue weighted by Gasteiger charge is 2.46. The summed E-state index contributed by atoms with van der Waals surface area (Å²) in [6, 6.07) is 10.7. The molecule has 27 heavy (non-hydrogen) atoms. The Hall–Kier alpha value is -1.39. The molecule has 2 saturated heterocycles. The van der Waals surface area contributed by atoms with E-state index >= 15 is 0 Å². The number of amides is 1. The Morgan fingerprint density at radius 2 is 1.89 bits per heavy atom. The molecule has 3 fully saturated rings. The third-order valence-electron chi connectivity index (χ3n) is 6.31. The molecule has 0 radical (unpaired) electrons. The van der Waals surface area contributed by atoms with Crippen LogP contribution in [0.25, 0.3) is 0 Å². The lowest BCUT2D eigenvalue weighted by Gasteiger charge is -2.46. The second-order valence-electron chi connectivity index (χ2n) is 8.02. The molecule has 0 aromatic heterocycles. The Morgan fingerprint density at radius 1 is 1.15 bits per heavy atom. The fraction of sp³-hybridized carbons (Fsp3) is 0.696. The first kappa shape index (κ1) is 20.3. The number of carbonyl (C=O) groups excluding carboxylic acids is 1. The van der Waals surface area contributed by atoms with Gasteiger partial charge in [0.05, 0.1) is 12.0 Å². The first-order valence-electron chi connectivity index (χ1n) is 11.0. The maximum atomic E-state index is 12.6. The van der Waals surface area contributed by atoms with Crippen LogP contribution in [0.5, 0.6) is 0 Å². The van der Waals surface area contributed by atoms with Crippen molar-refractivity contribution in [1.29, 1.82) is 0 Å². The molecule has 3 aliphatic rings. The summed E-state index contributed by atoms with van der Waals surface area (Å²) in [6.45, 7) is 7.26. The maximum Gasteiger partial charge on any atom is 0.224 e. The number of benzene rings is 1. The summed E-state index contributed by atoms with van der Waals surface area (Å²) < 4.78 is 6.18. The van der Waals surface area contributed by atoms with Gasteiger partial charge in [0.25, 0.3) is 0 Å². The molecule has 1 aromatic carbocycles. The molecule has 4 heteroatoms. The predicted molar refractivity (Wildman–Crippen MR) is 110 cm³/mol. The summed E-state index contributed by atoms with van der Waals surface area (Å²) in [7, 11) is 0. The van der Waals surface area contributed by atoms with Crippen molar-refractivity contribution >= 4 is 5.91 Å². The molecule has 0 unspecified atom stereocenters. The first-order valence-corrected chi connectivity index (χ1v) is 11.0. The van der Waals surface area contributed by atoms with Gasteiger partial charge in [-0.05, 0) is 63.6 Å². The molecular weight excluding hydrogens is 336 g/mol. The van der Waals surface area contributed by atoms with Crippen molar-refractivity contribution in [3.05, 3.63) is 35.9 Å². The van der Waals surface area contributed by atoms with Gasteiger partial charge in [-0.1, -0.05) is 44.2 Å². The molecule has 3 atom stereocenters. The molecule has 1 aliphatic carbocycles. The van der Waals surface area contributed by atoms with Gasteiger partial charge in [-0.15, -0.1) is 0 Å². The van der Waals surface area contributed by atoms with Gasteiger partial charge in [-0.3, -0.25) is 9.69 Å². The zero-order valence-electron chi connectivity index (χ0n) is 17.1. The van der Waals surface area contributed by atoms with Gasteiger partial charge >= 0.3 is 0 Å². The molecule has 1 amide bonds. The molecule has 1 N–H and O–H groups in total. The normalized spacial score (nSPS) is 30.7. The summed E-state index contributed by atoms with van der Waals surface area (Å²) in [5, 5.41) is 3.36. The standard InChI is InChI=1S/C21H30N2O2.C2H6/c24-20(15-17-7-2-1-3-8-17)22-18-9-11-21(10-6-14-25-21)16-19(18)23-12-4-5-13-23;1-2/h1-3,7-8,18-19H,4-6,9-16H2,(H,22,24);1-2H3/t18-,19-,21-;/m0./s1. The van der Waals surface area contributed by atoms with Crippen molar-refractivity contribution in [3.8, 4) is 0 Å². The van der Waals surface area contributed by atoms with E-state index in [0.717, 1.165) is 31.4 Å². The lowest BCUT2D eigenvalue weighted by Crippen LogP contribution is -2.58. The van der Waals surface area contributed by atoms with Crippen LogP contribution < -0.4 is 5.32 Å². The topological polar surface area (TPSA) is 41.6 Å². The van der Waals surface area contributed by atoms with Crippen molar-refractivity contribution in [2.24, 2.45) is 0 Å². The molecule has 2 heterocycles. The van der Waals surface area contributed by atoms with E-state index in [1.54, 1.807) is 0 Å². The monoisotopic (exact) mass is 372 g/mol. The molecule has 1 aromatic rings. The Balaban J connectivity index is 0.00000102. The molecule has 4 nitrogen and oxygen atoms in total. The number of rotatable bonds is 4. The second kappa shape index (κ2) is 9.70. The minimum absolute atomic E-state index is 0.0912. The van der Waals surface area contributed by atoms with E-state index in [2.05, 4.69) is 10.2 Å². The maximum absolute atomic E-state index is 12.6. The van der Waals surface area contributed by atoms with Gasteiger partial charge in [0, 0.05) is 18.7 Å².